The standard InChI is InChI=1S/C20H21N5O/c1-14-4-6-17(7-5-14)24-20-21-12-15(13-22-20)19(26)23-16-8-10-18(11-9-16)25(2)3/h4-13H,1-3H3,(H,23,26)(H,21,22,24). The summed E-state index contributed by atoms with van der Waals surface area (Å²) in [6, 6.07) is 15.5. The van der Waals surface area contributed by atoms with E-state index in [9.17, 15) is 4.79 Å². The predicted octanol–water partition coefficient (Wildman–Crippen LogP) is 3.85. The summed E-state index contributed by atoms with van der Waals surface area (Å²) in [5, 5.41) is 5.95. The minimum Gasteiger partial charge on any atom is -0.378 e. The number of hydrogen-bond donors (Lipinski definition) is 2. The fourth-order valence-electron chi connectivity index (χ4n) is 2.32. The van der Waals surface area contributed by atoms with Crippen LogP contribution < -0.4 is 15.5 Å². The zero-order valence-electron chi connectivity index (χ0n) is 15.0. The number of aryl methyl sites for hydroxylation is 1. The highest BCUT2D eigenvalue weighted by atomic mass is 16.1. The average molecular weight is 347 g/mol. The molecule has 3 rings (SSSR count). The van der Waals surface area contributed by atoms with Gasteiger partial charge in [-0.25, -0.2) is 9.97 Å². The Morgan fingerprint density at radius 1 is 0.885 bits per heavy atom. The van der Waals surface area contributed by atoms with Crippen LogP contribution in [0.15, 0.2) is 60.9 Å². The van der Waals surface area contributed by atoms with E-state index < -0.39 is 0 Å². The van der Waals surface area contributed by atoms with E-state index in [-0.39, 0.29) is 5.91 Å². The molecule has 1 amide bonds. The highest BCUT2D eigenvalue weighted by molar-refractivity contribution is 6.04. The van der Waals surface area contributed by atoms with Crippen LogP contribution >= 0.6 is 0 Å². The molecule has 0 aliphatic rings. The van der Waals surface area contributed by atoms with Gasteiger partial charge < -0.3 is 15.5 Å². The van der Waals surface area contributed by atoms with Gasteiger partial charge in [0.25, 0.3) is 5.91 Å². The first-order chi connectivity index (χ1) is 12.5. The van der Waals surface area contributed by atoms with Crippen molar-refractivity contribution in [3.8, 4) is 0 Å². The fraction of sp³-hybridized carbons (Fsp3) is 0.150. The fourth-order valence-corrected chi connectivity index (χ4v) is 2.32. The third-order valence-corrected chi connectivity index (χ3v) is 3.86. The maximum atomic E-state index is 12.3. The van der Waals surface area contributed by atoms with E-state index in [1.165, 1.54) is 18.0 Å². The molecule has 2 N–H and O–H groups in total. The molecule has 1 aromatic heterocycles. The van der Waals surface area contributed by atoms with E-state index in [1.807, 2.05) is 74.4 Å². The second-order valence-electron chi connectivity index (χ2n) is 6.18. The lowest BCUT2D eigenvalue weighted by atomic mass is 10.2. The summed E-state index contributed by atoms with van der Waals surface area (Å²) in [6.45, 7) is 2.03. The molecule has 132 valence electrons. The van der Waals surface area contributed by atoms with Gasteiger partial charge in [-0.1, -0.05) is 17.7 Å². The van der Waals surface area contributed by atoms with Crippen LogP contribution in [0, 0.1) is 6.92 Å². The molecule has 0 atom stereocenters. The summed E-state index contributed by atoms with van der Waals surface area (Å²) >= 11 is 0. The molecule has 1 heterocycles. The van der Waals surface area contributed by atoms with Gasteiger partial charge >= 0.3 is 0 Å². The molecule has 0 fully saturated rings. The maximum Gasteiger partial charge on any atom is 0.258 e. The minimum absolute atomic E-state index is 0.246. The smallest absolute Gasteiger partial charge is 0.258 e. The molecule has 6 nitrogen and oxygen atoms in total. The Morgan fingerprint density at radius 2 is 1.46 bits per heavy atom. The molecule has 3 aromatic rings. The highest BCUT2D eigenvalue weighted by Gasteiger charge is 2.08. The first-order valence-corrected chi connectivity index (χ1v) is 8.26. The van der Waals surface area contributed by atoms with Gasteiger partial charge in [-0.3, -0.25) is 4.79 Å². The number of hydrogen-bond acceptors (Lipinski definition) is 5. The van der Waals surface area contributed by atoms with Gasteiger partial charge in [0.2, 0.25) is 5.95 Å². The number of amides is 1. The molecule has 0 aliphatic heterocycles. The Labute approximate surface area is 152 Å². The van der Waals surface area contributed by atoms with Gasteiger partial charge in [0.05, 0.1) is 5.56 Å². The number of carbonyl (C=O) groups excluding carboxylic acids is 1. The van der Waals surface area contributed by atoms with Crippen molar-refractivity contribution in [2.75, 3.05) is 29.6 Å². The lowest BCUT2D eigenvalue weighted by Crippen LogP contribution is -2.13. The molecule has 0 aliphatic carbocycles. The number of aromatic nitrogens is 2. The summed E-state index contributed by atoms with van der Waals surface area (Å²) in [5.74, 6) is 0.199. The quantitative estimate of drug-likeness (QED) is 0.734. The lowest BCUT2D eigenvalue weighted by Gasteiger charge is -2.13. The first-order valence-electron chi connectivity index (χ1n) is 8.26. The number of rotatable bonds is 5. The molecule has 2 aromatic carbocycles. The molecule has 0 spiro atoms. The van der Waals surface area contributed by atoms with E-state index in [4.69, 9.17) is 0 Å². The third-order valence-electron chi connectivity index (χ3n) is 3.86. The summed E-state index contributed by atoms with van der Waals surface area (Å²) < 4.78 is 0. The van der Waals surface area contributed by atoms with Gasteiger partial charge in [0, 0.05) is 43.6 Å². The molecule has 0 unspecified atom stereocenters. The largest absolute Gasteiger partial charge is 0.378 e. The zero-order chi connectivity index (χ0) is 18.5. The number of carbonyl (C=O) groups is 1. The van der Waals surface area contributed by atoms with Crippen molar-refractivity contribution in [1.82, 2.24) is 9.97 Å². The van der Waals surface area contributed by atoms with Crippen LogP contribution in [0.2, 0.25) is 0 Å². The van der Waals surface area contributed by atoms with Gasteiger partial charge in [0.1, 0.15) is 0 Å². The van der Waals surface area contributed by atoms with Crippen LogP contribution in [0.3, 0.4) is 0 Å². The van der Waals surface area contributed by atoms with Gasteiger partial charge in [0.15, 0.2) is 0 Å². The molecule has 0 bridgehead atoms. The average Bonchev–Trinajstić information content (AvgIpc) is 2.64. The topological polar surface area (TPSA) is 70.2 Å². The van der Waals surface area contributed by atoms with E-state index in [0.717, 1.165) is 17.1 Å². The van der Waals surface area contributed by atoms with Crippen LogP contribution in [0.1, 0.15) is 15.9 Å². The first kappa shape index (κ1) is 17.4. The van der Waals surface area contributed by atoms with E-state index in [0.29, 0.717) is 11.5 Å². The Balaban J connectivity index is 1.63. The van der Waals surface area contributed by atoms with Crippen LogP contribution in [-0.2, 0) is 0 Å². The van der Waals surface area contributed by atoms with E-state index >= 15 is 0 Å². The Kier molecular flexibility index (Phi) is 5.12. The number of nitrogens with zero attached hydrogens (tertiary/aromatic N) is 3. The van der Waals surface area contributed by atoms with Crippen molar-refractivity contribution in [3.05, 3.63) is 72.1 Å². The zero-order valence-corrected chi connectivity index (χ0v) is 15.0. The highest BCUT2D eigenvalue weighted by Crippen LogP contribution is 2.17. The summed E-state index contributed by atoms with van der Waals surface area (Å²) in [7, 11) is 3.94. The second-order valence-corrected chi connectivity index (χ2v) is 6.18. The normalized spacial score (nSPS) is 10.3. The monoisotopic (exact) mass is 347 g/mol. The Morgan fingerprint density at radius 3 is 2.04 bits per heavy atom. The molecule has 0 radical (unpaired) electrons. The van der Waals surface area contributed by atoms with Gasteiger partial charge in [-0.2, -0.15) is 0 Å². The van der Waals surface area contributed by atoms with Gasteiger partial charge in [-0.15, -0.1) is 0 Å². The number of benzene rings is 2. The SMILES string of the molecule is Cc1ccc(Nc2ncc(C(=O)Nc3ccc(N(C)C)cc3)cn2)cc1. The van der Waals surface area contributed by atoms with E-state index in [2.05, 4.69) is 20.6 Å². The van der Waals surface area contributed by atoms with Crippen LogP contribution in [0.25, 0.3) is 0 Å². The van der Waals surface area contributed by atoms with Crippen molar-refractivity contribution in [1.29, 1.82) is 0 Å². The third kappa shape index (κ3) is 4.36. The van der Waals surface area contributed by atoms with Crippen molar-refractivity contribution in [3.63, 3.8) is 0 Å². The van der Waals surface area contributed by atoms with Crippen LogP contribution in [-0.4, -0.2) is 30.0 Å². The number of anilines is 4. The molecule has 0 saturated heterocycles. The van der Waals surface area contributed by atoms with Crippen LogP contribution in [0.4, 0.5) is 23.0 Å². The minimum atomic E-state index is -0.246. The van der Waals surface area contributed by atoms with E-state index in [1.54, 1.807) is 0 Å². The second kappa shape index (κ2) is 7.65. The van der Waals surface area contributed by atoms with Crippen molar-refractivity contribution in [2.24, 2.45) is 0 Å². The summed E-state index contributed by atoms with van der Waals surface area (Å²) in [4.78, 5) is 22.7. The molecular formula is C20H21N5O. The van der Waals surface area contributed by atoms with Crippen molar-refractivity contribution in [2.45, 2.75) is 6.92 Å². The lowest BCUT2D eigenvalue weighted by molar-refractivity contribution is 0.102. The summed E-state index contributed by atoms with van der Waals surface area (Å²) in [6.07, 6.45) is 3.01. The Bertz CT molecular complexity index is 872. The summed E-state index contributed by atoms with van der Waals surface area (Å²) in [5.41, 5.74) is 4.27. The molecule has 0 saturated carbocycles. The maximum absolute atomic E-state index is 12.3. The predicted molar refractivity (Wildman–Crippen MR) is 105 cm³/mol. The van der Waals surface area contributed by atoms with Gasteiger partial charge in [-0.05, 0) is 43.3 Å². The number of nitrogens with one attached hydrogen (secondary N) is 2. The molecule has 6 heteroatoms. The Hall–Kier alpha value is -3.41. The van der Waals surface area contributed by atoms with Crippen LogP contribution in [0.5, 0.6) is 0 Å². The molecular weight excluding hydrogens is 326 g/mol. The van der Waals surface area contributed by atoms with Crippen molar-refractivity contribution < 1.29 is 4.79 Å². The van der Waals surface area contributed by atoms with Crippen molar-refractivity contribution >= 4 is 28.9 Å². The molecule has 26 heavy (non-hydrogen) atoms.